The number of aliphatic hydroxyl groups excluding tert-OH is 1. The molecule has 92 valence electrons. The third-order valence-corrected chi connectivity index (χ3v) is 2.80. The molecule has 16 heavy (non-hydrogen) atoms. The number of piperazine rings is 1. The zero-order chi connectivity index (χ0) is 12.2. The van der Waals surface area contributed by atoms with E-state index < -0.39 is 5.54 Å². The number of carbonyl (C=O) groups excluding carboxylic acids is 2. The van der Waals surface area contributed by atoms with Crippen LogP contribution in [-0.2, 0) is 9.59 Å². The summed E-state index contributed by atoms with van der Waals surface area (Å²) in [5.74, 6) is -0.318. The Morgan fingerprint density at radius 3 is 2.62 bits per heavy atom. The molecule has 0 spiro atoms. The molecule has 0 aromatic carbocycles. The van der Waals surface area contributed by atoms with Crippen molar-refractivity contribution in [1.29, 1.82) is 0 Å². The number of hydrogen-bond donors (Lipinski definition) is 2. The Bertz CT molecular complexity index is 276. The van der Waals surface area contributed by atoms with E-state index in [1.54, 1.807) is 13.8 Å². The highest BCUT2D eigenvalue weighted by molar-refractivity contribution is 6.02. The zero-order valence-electron chi connectivity index (χ0n) is 9.95. The van der Waals surface area contributed by atoms with Gasteiger partial charge < -0.3 is 5.11 Å². The average Bonchev–Trinajstić information content (AvgIpc) is 2.24. The second kappa shape index (κ2) is 5.41. The first-order valence-corrected chi connectivity index (χ1v) is 5.70. The minimum absolute atomic E-state index is 0.159. The molecule has 0 bridgehead atoms. The smallest absolute Gasteiger partial charge is 0.248 e. The Hall–Kier alpha value is -0.940. The Morgan fingerprint density at radius 1 is 1.31 bits per heavy atom. The highest BCUT2D eigenvalue weighted by atomic mass is 16.3. The summed E-state index contributed by atoms with van der Waals surface area (Å²) >= 11 is 0. The lowest BCUT2D eigenvalue weighted by Crippen LogP contribution is -2.63. The van der Waals surface area contributed by atoms with Crippen molar-refractivity contribution < 1.29 is 14.7 Å². The van der Waals surface area contributed by atoms with Gasteiger partial charge in [0.05, 0.1) is 12.1 Å². The summed E-state index contributed by atoms with van der Waals surface area (Å²) in [6.45, 7) is 4.40. The van der Waals surface area contributed by atoms with Crippen LogP contribution in [0.1, 0.15) is 33.1 Å². The van der Waals surface area contributed by atoms with Crippen molar-refractivity contribution in [2.75, 3.05) is 19.7 Å². The molecule has 2 amide bonds. The van der Waals surface area contributed by atoms with Crippen molar-refractivity contribution in [2.45, 2.75) is 38.6 Å². The van der Waals surface area contributed by atoms with Gasteiger partial charge in [-0.05, 0) is 33.1 Å². The summed E-state index contributed by atoms with van der Waals surface area (Å²) in [5.41, 5.74) is -0.648. The van der Waals surface area contributed by atoms with E-state index in [1.807, 2.05) is 0 Å². The molecule has 0 unspecified atom stereocenters. The molecular weight excluding hydrogens is 208 g/mol. The number of unbranched alkanes of at least 4 members (excludes halogenated alkanes) is 2. The Balaban J connectivity index is 2.49. The summed E-state index contributed by atoms with van der Waals surface area (Å²) in [5, 5.41) is 11.5. The van der Waals surface area contributed by atoms with Crippen molar-refractivity contribution in [2.24, 2.45) is 0 Å². The van der Waals surface area contributed by atoms with Gasteiger partial charge in [-0.15, -0.1) is 0 Å². The SMILES string of the molecule is CC1(C)NCC(=O)N(CCCCCO)C1=O. The van der Waals surface area contributed by atoms with Crippen molar-refractivity contribution in [3.05, 3.63) is 0 Å². The van der Waals surface area contributed by atoms with E-state index in [0.717, 1.165) is 19.3 Å². The first-order chi connectivity index (χ1) is 7.49. The molecule has 2 N–H and O–H groups in total. The van der Waals surface area contributed by atoms with Gasteiger partial charge in [-0.25, -0.2) is 0 Å². The van der Waals surface area contributed by atoms with E-state index in [0.29, 0.717) is 6.54 Å². The van der Waals surface area contributed by atoms with Gasteiger partial charge in [0.25, 0.3) is 0 Å². The predicted octanol–water partition coefficient (Wildman–Crippen LogP) is -0.114. The van der Waals surface area contributed by atoms with E-state index in [2.05, 4.69) is 5.32 Å². The minimum atomic E-state index is -0.648. The maximum Gasteiger partial charge on any atom is 0.248 e. The van der Waals surface area contributed by atoms with E-state index in [1.165, 1.54) is 4.90 Å². The number of nitrogens with zero attached hydrogens (tertiary/aromatic N) is 1. The number of imide groups is 1. The molecule has 5 heteroatoms. The quantitative estimate of drug-likeness (QED) is 0.508. The Morgan fingerprint density at radius 2 is 2.00 bits per heavy atom. The Labute approximate surface area is 95.8 Å². The van der Waals surface area contributed by atoms with Crippen LogP contribution in [0.5, 0.6) is 0 Å². The third kappa shape index (κ3) is 3.02. The number of hydrogen-bond acceptors (Lipinski definition) is 4. The standard InChI is InChI=1S/C11H20N2O3/c1-11(2)10(16)13(9(15)8-12-11)6-4-3-5-7-14/h12,14H,3-8H2,1-2H3. The highest BCUT2D eigenvalue weighted by Crippen LogP contribution is 2.14. The lowest BCUT2D eigenvalue weighted by molar-refractivity contribution is -0.152. The summed E-state index contributed by atoms with van der Waals surface area (Å²) in [7, 11) is 0. The van der Waals surface area contributed by atoms with Crippen LogP contribution in [0.2, 0.25) is 0 Å². The predicted molar refractivity (Wildman–Crippen MR) is 59.7 cm³/mol. The van der Waals surface area contributed by atoms with Crippen LogP contribution >= 0.6 is 0 Å². The van der Waals surface area contributed by atoms with E-state index in [9.17, 15) is 9.59 Å². The van der Waals surface area contributed by atoms with Gasteiger partial charge in [-0.1, -0.05) is 0 Å². The van der Waals surface area contributed by atoms with Crippen LogP contribution in [0.3, 0.4) is 0 Å². The molecule has 1 heterocycles. The van der Waals surface area contributed by atoms with Crippen LogP contribution in [-0.4, -0.2) is 47.1 Å². The maximum atomic E-state index is 11.9. The van der Waals surface area contributed by atoms with Gasteiger partial charge in [0, 0.05) is 13.2 Å². The minimum Gasteiger partial charge on any atom is -0.396 e. The fourth-order valence-electron chi connectivity index (χ4n) is 1.70. The number of amides is 2. The Kier molecular flexibility index (Phi) is 4.44. The van der Waals surface area contributed by atoms with Crippen molar-refractivity contribution in [3.8, 4) is 0 Å². The normalized spacial score (nSPS) is 20.3. The second-order valence-electron chi connectivity index (χ2n) is 4.61. The molecule has 1 fully saturated rings. The molecule has 0 radical (unpaired) electrons. The topological polar surface area (TPSA) is 69.6 Å². The van der Waals surface area contributed by atoms with Crippen molar-refractivity contribution in [1.82, 2.24) is 10.2 Å². The molecular formula is C11H20N2O3. The van der Waals surface area contributed by atoms with Crippen molar-refractivity contribution in [3.63, 3.8) is 0 Å². The van der Waals surface area contributed by atoms with Gasteiger partial charge in [-0.3, -0.25) is 19.8 Å². The first-order valence-electron chi connectivity index (χ1n) is 5.70. The fourth-order valence-corrected chi connectivity index (χ4v) is 1.70. The van der Waals surface area contributed by atoms with Crippen molar-refractivity contribution >= 4 is 11.8 Å². The van der Waals surface area contributed by atoms with Gasteiger partial charge in [0.1, 0.15) is 0 Å². The van der Waals surface area contributed by atoms with Crippen LogP contribution < -0.4 is 5.32 Å². The summed E-state index contributed by atoms with van der Waals surface area (Å²) in [6.07, 6.45) is 2.31. The molecule has 1 rings (SSSR count). The summed E-state index contributed by atoms with van der Waals surface area (Å²) < 4.78 is 0. The largest absolute Gasteiger partial charge is 0.396 e. The molecule has 1 aliphatic heterocycles. The molecule has 5 nitrogen and oxygen atoms in total. The number of aliphatic hydroxyl groups is 1. The molecule has 0 aromatic heterocycles. The molecule has 0 aromatic rings. The molecule has 1 saturated heterocycles. The van der Waals surface area contributed by atoms with Gasteiger partial charge in [0.2, 0.25) is 11.8 Å². The van der Waals surface area contributed by atoms with Crippen LogP contribution in [0.4, 0.5) is 0 Å². The van der Waals surface area contributed by atoms with E-state index >= 15 is 0 Å². The van der Waals surface area contributed by atoms with Gasteiger partial charge in [-0.2, -0.15) is 0 Å². The molecule has 0 aliphatic carbocycles. The first kappa shape index (κ1) is 13.1. The van der Waals surface area contributed by atoms with Crippen LogP contribution in [0, 0.1) is 0 Å². The maximum absolute atomic E-state index is 11.9. The zero-order valence-corrected chi connectivity index (χ0v) is 9.95. The second-order valence-corrected chi connectivity index (χ2v) is 4.61. The summed E-state index contributed by atoms with van der Waals surface area (Å²) in [6, 6.07) is 0. The number of nitrogens with one attached hydrogen (secondary N) is 1. The lowest BCUT2D eigenvalue weighted by Gasteiger charge is -2.36. The third-order valence-electron chi connectivity index (χ3n) is 2.80. The van der Waals surface area contributed by atoms with E-state index in [4.69, 9.17) is 5.11 Å². The number of carbonyl (C=O) groups is 2. The van der Waals surface area contributed by atoms with Gasteiger partial charge >= 0.3 is 0 Å². The molecule has 0 saturated carbocycles. The fraction of sp³-hybridized carbons (Fsp3) is 0.818. The number of rotatable bonds is 5. The monoisotopic (exact) mass is 228 g/mol. The highest BCUT2D eigenvalue weighted by Gasteiger charge is 2.39. The lowest BCUT2D eigenvalue weighted by atomic mass is 10.0. The van der Waals surface area contributed by atoms with Crippen LogP contribution in [0.15, 0.2) is 0 Å². The molecule has 0 atom stereocenters. The summed E-state index contributed by atoms with van der Waals surface area (Å²) in [4.78, 5) is 24.8. The van der Waals surface area contributed by atoms with E-state index in [-0.39, 0.29) is 25.0 Å². The van der Waals surface area contributed by atoms with Gasteiger partial charge in [0.15, 0.2) is 0 Å². The van der Waals surface area contributed by atoms with Crippen LogP contribution in [0.25, 0.3) is 0 Å². The average molecular weight is 228 g/mol. The molecule has 1 aliphatic rings.